The molecule has 1 aliphatic heterocycles. The van der Waals surface area contributed by atoms with Crippen LogP contribution in [0, 0.1) is 11.7 Å². The van der Waals surface area contributed by atoms with Gasteiger partial charge in [-0.2, -0.15) is 0 Å². The van der Waals surface area contributed by atoms with E-state index in [1.807, 2.05) is 37.3 Å². The Kier molecular flexibility index (Phi) is 8.45. The minimum absolute atomic E-state index is 0.0544. The maximum Gasteiger partial charge on any atom is 0.412 e. The van der Waals surface area contributed by atoms with Crippen LogP contribution < -0.4 is 11.1 Å². The van der Waals surface area contributed by atoms with Crippen LogP contribution in [0.25, 0.3) is 0 Å². The number of rotatable bonds is 8. The van der Waals surface area contributed by atoms with Crippen molar-refractivity contribution in [3.05, 3.63) is 65.0 Å². The predicted molar refractivity (Wildman–Crippen MR) is 125 cm³/mol. The fourth-order valence-electron chi connectivity index (χ4n) is 4.13. The fraction of sp³-hybridized carbons (Fsp3) is 0.458. The molecule has 0 radical (unpaired) electrons. The lowest BCUT2D eigenvalue weighted by Gasteiger charge is -2.32. The lowest BCUT2D eigenvalue weighted by Crippen LogP contribution is -2.52. The van der Waals surface area contributed by atoms with Gasteiger partial charge < -0.3 is 15.6 Å². The summed E-state index contributed by atoms with van der Waals surface area (Å²) in [5.74, 6) is -1.70. The van der Waals surface area contributed by atoms with Crippen LogP contribution in [0.2, 0.25) is 0 Å². The standard InChI is InChI=1S/C24H31FN2O5S/c1-2-3-9-18-10-17(11-19-14-33(30,31)15-21(26)23(19)28)12-20(25)22(18)27-24(29)32-13-16-7-5-4-6-8-16/h4-8,10,12,19,21,23,28H,2-3,9,11,13-15,26H2,1H3,(H,27,29)/t19-,21+,23+/m1/s1. The first-order valence-electron chi connectivity index (χ1n) is 11.1. The van der Waals surface area contributed by atoms with Gasteiger partial charge in [0, 0.05) is 12.0 Å². The number of aliphatic hydroxyl groups excluding tert-OH is 1. The second-order valence-electron chi connectivity index (χ2n) is 8.60. The average molecular weight is 479 g/mol. The Labute approximate surface area is 194 Å². The van der Waals surface area contributed by atoms with Crippen LogP contribution in [0.1, 0.15) is 36.5 Å². The van der Waals surface area contributed by atoms with Crippen LogP contribution in [-0.2, 0) is 34.0 Å². The summed E-state index contributed by atoms with van der Waals surface area (Å²) in [7, 11) is -3.37. The number of aliphatic hydroxyl groups is 1. The second-order valence-corrected chi connectivity index (χ2v) is 10.8. The number of carbonyl (C=O) groups is 1. The van der Waals surface area contributed by atoms with Crippen LogP contribution in [-0.4, -0.2) is 43.3 Å². The number of sulfone groups is 1. The second kappa shape index (κ2) is 11.1. The van der Waals surface area contributed by atoms with Gasteiger partial charge in [0.05, 0.1) is 23.3 Å². The zero-order chi connectivity index (χ0) is 24.0. The number of ether oxygens (including phenoxy) is 1. The SMILES string of the molecule is CCCCc1cc(C[C@@H]2CS(=O)(=O)C[C@H](N)[C@H]2O)cc(F)c1NC(=O)OCc1ccccc1. The summed E-state index contributed by atoms with van der Waals surface area (Å²) >= 11 is 0. The van der Waals surface area contributed by atoms with E-state index >= 15 is 4.39 Å². The Hall–Kier alpha value is -2.49. The molecule has 33 heavy (non-hydrogen) atoms. The highest BCUT2D eigenvalue weighted by Gasteiger charge is 2.37. The third-order valence-corrected chi connectivity index (χ3v) is 7.63. The molecule has 4 N–H and O–H groups in total. The molecule has 2 aromatic carbocycles. The Bertz CT molecular complexity index is 1060. The number of anilines is 1. The Morgan fingerprint density at radius 3 is 2.64 bits per heavy atom. The number of hydrogen-bond donors (Lipinski definition) is 3. The molecule has 1 saturated heterocycles. The molecule has 9 heteroatoms. The summed E-state index contributed by atoms with van der Waals surface area (Å²) in [6.07, 6.45) is 0.605. The van der Waals surface area contributed by atoms with Gasteiger partial charge in [0.1, 0.15) is 12.4 Å². The van der Waals surface area contributed by atoms with E-state index in [1.165, 1.54) is 6.07 Å². The minimum Gasteiger partial charge on any atom is -0.444 e. The molecule has 1 amide bonds. The minimum atomic E-state index is -3.37. The van der Waals surface area contributed by atoms with E-state index in [4.69, 9.17) is 10.5 Å². The van der Waals surface area contributed by atoms with E-state index in [-0.39, 0.29) is 30.2 Å². The van der Waals surface area contributed by atoms with Crippen molar-refractivity contribution in [1.29, 1.82) is 0 Å². The maximum atomic E-state index is 15.1. The first-order chi connectivity index (χ1) is 15.7. The van der Waals surface area contributed by atoms with Crippen molar-refractivity contribution in [3.8, 4) is 0 Å². The highest BCUT2D eigenvalue weighted by atomic mass is 32.2. The average Bonchev–Trinajstić information content (AvgIpc) is 2.76. The first kappa shape index (κ1) is 25.1. The van der Waals surface area contributed by atoms with Gasteiger partial charge >= 0.3 is 6.09 Å². The van der Waals surface area contributed by atoms with Crippen LogP contribution in [0.15, 0.2) is 42.5 Å². The smallest absolute Gasteiger partial charge is 0.412 e. The number of halogens is 1. The van der Waals surface area contributed by atoms with Gasteiger partial charge in [-0.3, -0.25) is 5.32 Å². The Morgan fingerprint density at radius 2 is 1.94 bits per heavy atom. The first-order valence-corrected chi connectivity index (χ1v) is 12.9. The molecule has 1 heterocycles. The van der Waals surface area contributed by atoms with Crippen molar-refractivity contribution < 1.29 is 27.4 Å². The lowest BCUT2D eigenvalue weighted by atomic mass is 9.90. The molecule has 0 spiro atoms. The molecule has 0 bridgehead atoms. The van der Waals surface area contributed by atoms with Crippen LogP contribution in [0.5, 0.6) is 0 Å². The number of nitrogens with two attached hydrogens (primary N) is 1. The number of benzene rings is 2. The van der Waals surface area contributed by atoms with Crippen molar-refractivity contribution in [2.24, 2.45) is 11.7 Å². The van der Waals surface area contributed by atoms with E-state index in [0.717, 1.165) is 18.4 Å². The van der Waals surface area contributed by atoms with Crippen molar-refractivity contribution >= 4 is 21.6 Å². The summed E-state index contributed by atoms with van der Waals surface area (Å²) in [5, 5.41) is 12.9. The molecule has 3 rings (SSSR count). The van der Waals surface area contributed by atoms with Gasteiger partial charge in [0.2, 0.25) is 0 Å². The summed E-state index contributed by atoms with van der Waals surface area (Å²) < 4.78 is 44.5. The van der Waals surface area contributed by atoms with Gasteiger partial charge in [0.25, 0.3) is 0 Å². The third kappa shape index (κ3) is 6.99. The van der Waals surface area contributed by atoms with E-state index < -0.39 is 39.8 Å². The van der Waals surface area contributed by atoms with Gasteiger partial charge in [-0.25, -0.2) is 17.6 Å². The topological polar surface area (TPSA) is 119 Å². The fourth-order valence-corrected chi connectivity index (χ4v) is 6.01. The van der Waals surface area contributed by atoms with E-state index in [1.54, 1.807) is 6.07 Å². The number of unbranched alkanes of at least 4 members (excludes halogenated alkanes) is 1. The maximum absolute atomic E-state index is 15.1. The van der Waals surface area contributed by atoms with Gasteiger partial charge in [-0.15, -0.1) is 0 Å². The number of hydrogen-bond acceptors (Lipinski definition) is 6. The largest absolute Gasteiger partial charge is 0.444 e. The highest BCUT2D eigenvalue weighted by molar-refractivity contribution is 7.91. The highest BCUT2D eigenvalue weighted by Crippen LogP contribution is 2.28. The molecule has 0 saturated carbocycles. The molecule has 1 aliphatic rings. The van der Waals surface area contributed by atoms with E-state index in [2.05, 4.69) is 5.32 Å². The Morgan fingerprint density at radius 1 is 1.21 bits per heavy atom. The zero-order valence-electron chi connectivity index (χ0n) is 18.7. The Balaban J connectivity index is 1.76. The third-order valence-electron chi connectivity index (χ3n) is 5.81. The molecule has 0 aliphatic carbocycles. The van der Waals surface area contributed by atoms with Crippen molar-refractivity contribution in [2.45, 2.75) is 51.4 Å². The predicted octanol–water partition coefficient (Wildman–Crippen LogP) is 3.19. The number of carbonyl (C=O) groups excluding carboxylic acids is 1. The number of aryl methyl sites for hydroxylation is 1. The molecule has 180 valence electrons. The van der Waals surface area contributed by atoms with Gasteiger partial charge in [-0.05, 0) is 42.0 Å². The molecule has 7 nitrogen and oxygen atoms in total. The molecule has 1 fully saturated rings. The summed E-state index contributed by atoms with van der Waals surface area (Å²) in [6, 6.07) is 11.3. The quantitative estimate of drug-likeness (QED) is 0.536. The van der Waals surface area contributed by atoms with Crippen LogP contribution in [0.3, 0.4) is 0 Å². The van der Waals surface area contributed by atoms with Gasteiger partial charge in [0.15, 0.2) is 9.84 Å². The van der Waals surface area contributed by atoms with E-state index in [9.17, 15) is 18.3 Å². The van der Waals surface area contributed by atoms with Crippen LogP contribution in [0.4, 0.5) is 14.9 Å². The summed E-state index contributed by atoms with van der Waals surface area (Å²) in [6.45, 7) is 2.07. The lowest BCUT2D eigenvalue weighted by molar-refractivity contribution is 0.0923. The number of amides is 1. The monoisotopic (exact) mass is 478 g/mol. The normalized spacial score (nSPS) is 22.0. The summed E-state index contributed by atoms with van der Waals surface area (Å²) in [5.41, 5.74) is 7.83. The molecule has 3 atom stereocenters. The van der Waals surface area contributed by atoms with Crippen molar-refractivity contribution in [3.63, 3.8) is 0 Å². The molecule has 0 unspecified atom stereocenters. The van der Waals surface area contributed by atoms with Crippen molar-refractivity contribution in [1.82, 2.24) is 0 Å². The van der Waals surface area contributed by atoms with Crippen LogP contribution >= 0.6 is 0 Å². The molecular weight excluding hydrogens is 447 g/mol. The van der Waals surface area contributed by atoms with Crippen molar-refractivity contribution in [2.75, 3.05) is 16.8 Å². The summed E-state index contributed by atoms with van der Waals surface area (Å²) in [4.78, 5) is 12.3. The molecular formula is C24H31FN2O5S. The van der Waals surface area contributed by atoms with Gasteiger partial charge in [-0.1, -0.05) is 49.7 Å². The van der Waals surface area contributed by atoms with E-state index in [0.29, 0.717) is 17.5 Å². The zero-order valence-corrected chi connectivity index (χ0v) is 19.5. The number of nitrogens with one attached hydrogen (secondary N) is 1. The molecule has 0 aromatic heterocycles. The molecule has 2 aromatic rings.